The Kier molecular flexibility index (Phi) is 6.64. The molecule has 176 valence electrons. The third-order valence-electron chi connectivity index (χ3n) is 5.96. The Balaban J connectivity index is 1.31. The van der Waals surface area contributed by atoms with Gasteiger partial charge in [-0.1, -0.05) is 0 Å². The minimum absolute atomic E-state index is 0.0111. The molecule has 1 aliphatic rings. The molecular weight excluding hydrogens is 467 g/mol. The number of aromatic amines is 1. The van der Waals surface area contributed by atoms with Crippen LogP contribution in [-0.4, -0.2) is 48.3 Å². The predicted molar refractivity (Wildman–Crippen MR) is 124 cm³/mol. The van der Waals surface area contributed by atoms with Crippen LogP contribution in [-0.2, 0) is 21.2 Å². The van der Waals surface area contributed by atoms with Crippen LogP contribution in [0.3, 0.4) is 0 Å². The number of thiophene rings is 1. The molecule has 11 heteroatoms. The van der Waals surface area contributed by atoms with Gasteiger partial charge in [-0.2, -0.15) is 0 Å². The van der Waals surface area contributed by atoms with Crippen molar-refractivity contribution in [3.05, 3.63) is 56.7 Å². The van der Waals surface area contributed by atoms with Gasteiger partial charge in [0.05, 0.1) is 10.3 Å². The normalized spacial score (nSPS) is 15.3. The standard InChI is InChI=1S/C22H25FN4O4S2/c1-13-14(2)32-22-20(13)21(29)24-18(25-22)7-8-19(28)27-11-9-16(10-12-27)26-33(30,31)17-5-3-15(23)4-6-17/h3-6,16,26H,7-12H2,1-2H3,(H,24,25,29). The smallest absolute Gasteiger partial charge is 0.259 e. The molecule has 1 saturated heterocycles. The number of sulfonamides is 1. The van der Waals surface area contributed by atoms with Crippen molar-refractivity contribution in [2.45, 2.75) is 50.5 Å². The van der Waals surface area contributed by atoms with E-state index in [-0.39, 0.29) is 28.8 Å². The van der Waals surface area contributed by atoms with E-state index < -0.39 is 15.8 Å². The van der Waals surface area contributed by atoms with Crippen molar-refractivity contribution in [1.82, 2.24) is 19.6 Å². The zero-order valence-electron chi connectivity index (χ0n) is 18.4. The lowest BCUT2D eigenvalue weighted by Gasteiger charge is -2.32. The van der Waals surface area contributed by atoms with Crippen LogP contribution < -0.4 is 10.3 Å². The van der Waals surface area contributed by atoms with Gasteiger partial charge in [-0.25, -0.2) is 22.5 Å². The van der Waals surface area contributed by atoms with Gasteiger partial charge in [-0.3, -0.25) is 9.59 Å². The third-order valence-corrected chi connectivity index (χ3v) is 8.59. The lowest BCUT2D eigenvalue weighted by Crippen LogP contribution is -2.46. The summed E-state index contributed by atoms with van der Waals surface area (Å²) in [6, 6.07) is 4.37. The first-order valence-corrected chi connectivity index (χ1v) is 13.0. The highest BCUT2D eigenvalue weighted by atomic mass is 32.2. The molecule has 0 bridgehead atoms. The van der Waals surface area contributed by atoms with Gasteiger partial charge in [0.15, 0.2) is 0 Å². The topological polar surface area (TPSA) is 112 Å². The number of rotatable bonds is 6. The number of aromatic nitrogens is 2. The molecule has 4 rings (SSSR count). The fraction of sp³-hybridized carbons (Fsp3) is 0.409. The summed E-state index contributed by atoms with van der Waals surface area (Å²) in [4.78, 5) is 35.8. The lowest BCUT2D eigenvalue weighted by molar-refractivity contribution is -0.132. The minimum atomic E-state index is -3.75. The molecule has 0 unspecified atom stereocenters. The van der Waals surface area contributed by atoms with Crippen LogP contribution in [0.1, 0.15) is 35.5 Å². The van der Waals surface area contributed by atoms with Crippen molar-refractivity contribution in [2.75, 3.05) is 13.1 Å². The van der Waals surface area contributed by atoms with Crippen molar-refractivity contribution >= 4 is 37.5 Å². The number of amides is 1. The van der Waals surface area contributed by atoms with Gasteiger partial charge < -0.3 is 9.88 Å². The molecule has 1 amide bonds. The first-order chi connectivity index (χ1) is 15.6. The van der Waals surface area contributed by atoms with E-state index in [1.165, 1.54) is 23.5 Å². The number of hydrogen-bond acceptors (Lipinski definition) is 6. The third kappa shape index (κ3) is 5.15. The molecule has 1 aliphatic heterocycles. The molecule has 8 nitrogen and oxygen atoms in total. The van der Waals surface area contributed by atoms with E-state index >= 15 is 0 Å². The van der Waals surface area contributed by atoms with E-state index in [2.05, 4.69) is 14.7 Å². The Morgan fingerprint density at radius 1 is 1.24 bits per heavy atom. The number of fused-ring (bicyclic) bond motifs is 1. The average molecular weight is 493 g/mol. The molecule has 0 radical (unpaired) electrons. The number of benzene rings is 1. The van der Waals surface area contributed by atoms with Gasteiger partial charge >= 0.3 is 0 Å². The van der Waals surface area contributed by atoms with Crippen molar-refractivity contribution < 1.29 is 17.6 Å². The van der Waals surface area contributed by atoms with Crippen LogP contribution in [0.15, 0.2) is 34.0 Å². The van der Waals surface area contributed by atoms with E-state index in [0.29, 0.717) is 48.4 Å². The number of likely N-dealkylation sites (tertiary alicyclic amines) is 1. The number of hydrogen-bond donors (Lipinski definition) is 2. The summed E-state index contributed by atoms with van der Waals surface area (Å²) < 4.78 is 40.7. The number of piperidine rings is 1. The molecule has 2 aromatic heterocycles. The maximum Gasteiger partial charge on any atom is 0.259 e. The Morgan fingerprint density at radius 3 is 2.58 bits per heavy atom. The second kappa shape index (κ2) is 9.32. The van der Waals surface area contributed by atoms with Crippen LogP contribution in [0.2, 0.25) is 0 Å². The second-order valence-corrected chi connectivity index (χ2v) is 11.1. The number of H-pyrrole nitrogens is 1. The highest BCUT2D eigenvalue weighted by molar-refractivity contribution is 7.89. The molecule has 0 spiro atoms. The first-order valence-electron chi connectivity index (χ1n) is 10.7. The van der Waals surface area contributed by atoms with Gasteiger partial charge in [0.1, 0.15) is 16.5 Å². The van der Waals surface area contributed by atoms with E-state index in [1.807, 2.05) is 13.8 Å². The highest BCUT2D eigenvalue weighted by Gasteiger charge is 2.26. The summed E-state index contributed by atoms with van der Waals surface area (Å²) in [7, 11) is -3.75. The zero-order valence-corrected chi connectivity index (χ0v) is 20.0. The fourth-order valence-electron chi connectivity index (χ4n) is 3.95. The number of nitrogens with zero attached hydrogens (tertiary/aromatic N) is 2. The van der Waals surface area contributed by atoms with E-state index in [4.69, 9.17) is 0 Å². The predicted octanol–water partition coefficient (Wildman–Crippen LogP) is 2.64. The molecule has 1 aromatic carbocycles. The van der Waals surface area contributed by atoms with E-state index in [1.54, 1.807) is 4.90 Å². The summed E-state index contributed by atoms with van der Waals surface area (Å²) in [6.07, 6.45) is 1.52. The molecule has 33 heavy (non-hydrogen) atoms. The molecule has 1 fully saturated rings. The number of carbonyl (C=O) groups is 1. The molecule has 3 heterocycles. The van der Waals surface area contributed by atoms with Gasteiger partial charge in [-0.15, -0.1) is 11.3 Å². The minimum Gasteiger partial charge on any atom is -0.343 e. The van der Waals surface area contributed by atoms with Crippen molar-refractivity contribution in [3.63, 3.8) is 0 Å². The molecule has 0 aliphatic carbocycles. The quantitative estimate of drug-likeness (QED) is 0.549. The lowest BCUT2D eigenvalue weighted by atomic mass is 10.1. The number of nitrogens with one attached hydrogen (secondary N) is 2. The zero-order chi connectivity index (χ0) is 23.8. The Bertz CT molecular complexity index is 1340. The van der Waals surface area contributed by atoms with Gasteiger partial charge in [0, 0.05) is 36.9 Å². The largest absolute Gasteiger partial charge is 0.343 e. The van der Waals surface area contributed by atoms with Crippen LogP contribution in [0.5, 0.6) is 0 Å². The maximum absolute atomic E-state index is 13.1. The van der Waals surface area contributed by atoms with Crippen LogP contribution in [0.4, 0.5) is 4.39 Å². The van der Waals surface area contributed by atoms with Gasteiger partial charge in [0.25, 0.3) is 5.56 Å². The molecule has 3 aromatic rings. The van der Waals surface area contributed by atoms with Crippen LogP contribution >= 0.6 is 11.3 Å². The van der Waals surface area contributed by atoms with Crippen LogP contribution in [0, 0.1) is 19.7 Å². The number of aryl methyl sites for hydroxylation is 3. The van der Waals surface area contributed by atoms with Crippen molar-refractivity contribution in [2.24, 2.45) is 0 Å². The average Bonchev–Trinajstić information content (AvgIpc) is 3.06. The number of halogens is 1. The maximum atomic E-state index is 13.1. The van der Waals surface area contributed by atoms with Crippen molar-refractivity contribution in [3.8, 4) is 0 Å². The monoisotopic (exact) mass is 492 g/mol. The highest BCUT2D eigenvalue weighted by Crippen LogP contribution is 2.26. The van der Waals surface area contributed by atoms with E-state index in [9.17, 15) is 22.4 Å². The fourth-order valence-corrected chi connectivity index (χ4v) is 6.30. The SMILES string of the molecule is Cc1sc2nc(CCC(=O)N3CCC(NS(=O)(=O)c4ccc(F)cc4)CC3)[nH]c(=O)c2c1C. The molecular formula is C22H25FN4O4S2. The first kappa shape index (κ1) is 23.5. The Labute approximate surface area is 194 Å². The molecule has 2 N–H and O–H groups in total. The second-order valence-electron chi connectivity index (χ2n) is 8.21. The number of carbonyl (C=O) groups excluding carboxylic acids is 1. The van der Waals surface area contributed by atoms with E-state index in [0.717, 1.165) is 22.6 Å². The summed E-state index contributed by atoms with van der Waals surface area (Å²) in [5, 5.41) is 0.609. The Hall–Kier alpha value is -2.63. The summed E-state index contributed by atoms with van der Waals surface area (Å²) in [6.45, 7) is 4.72. The van der Waals surface area contributed by atoms with Crippen LogP contribution in [0.25, 0.3) is 10.2 Å². The molecule has 0 saturated carbocycles. The Morgan fingerprint density at radius 2 is 1.91 bits per heavy atom. The van der Waals surface area contributed by atoms with Gasteiger partial charge in [-0.05, 0) is 56.5 Å². The summed E-state index contributed by atoms with van der Waals surface area (Å²) >= 11 is 1.47. The molecule has 0 atom stereocenters. The summed E-state index contributed by atoms with van der Waals surface area (Å²) in [5.74, 6) is -0.0687. The van der Waals surface area contributed by atoms with Gasteiger partial charge in [0.2, 0.25) is 15.9 Å². The summed E-state index contributed by atoms with van der Waals surface area (Å²) in [5.41, 5.74) is 0.753. The van der Waals surface area contributed by atoms with Crippen molar-refractivity contribution in [1.29, 1.82) is 0 Å².